The van der Waals surface area contributed by atoms with Crippen molar-refractivity contribution in [3.63, 3.8) is 0 Å². The van der Waals surface area contributed by atoms with Gasteiger partial charge in [-0.2, -0.15) is 0 Å². The molecule has 218 valence electrons. The molecule has 0 amide bonds. The van der Waals surface area contributed by atoms with Gasteiger partial charge in [0, 0.05) is 23.0 Å². The van der Waals surface area contributed by atoms with Crippen LogP contribution < -0.4 is 9.47 Å². The molecular weight excluding hydrogens is 504 g/mol. The van der Waals surface area contributed by atoms with Crippen LogP contribution in [0.4, 0.5) is 0 Å². The highest BCUT2D eigenvalue weighted by molar-refractivity contribution is 6.24. The summed E-state index contributed by atoms with van der Waals surface area (Å²) in [6, 6.07) is 5.60. The van der Waals surface area contributed by atoms with E-state index in [4.69, 9.17) is 14.2 Å². The molecule has 1 aromatic rings. The number of hydrogen-bond donors (Lipinski definition) is 1. The number of rotatable bonds is 13. The molecule has 4 rings (SSSR count). The Labute approximate surface area is 239 Å². The van der Waals surface area contributed by atoms with Crippen molar-refractivity contribution in [3.8, 4) is 11.5 Å². The lowest BCUT2D eigenvalue weighted by Gasteiger charge is -2.48. The summed E-state index contributed by atoms with van der Waals surface area (Å²) in [5.74, 6) is -0.538. The molecule has 2 atom stereocenters. The highest BCUT2D eigenvalue weighted by atomic mass is 16.5. The van der Waals surface area contributed by atoms with Gasteiger partial charge in [0.25, 0.3) is 0 Å². The Hall–Kier alpha value is -3.02. The van der Waals surface area contributed by atoms with Crippen molar-refractivity contribution in [1.29, 1.82) is 0 Å². The van der Waals surface area contributed by atoms with Crippen molar-refractivity contribution >= 4 is 11.6 Å². The minimum Gasteiger partial charge on any atom is -0.504 e. The molecule has 0 radical (unpaired) electrons. The number of ether oxygens (including phenoxy) is 3. The van der Waals surface area contributed by atoms with E-state index in [1.807, 2.05) is 52.0 Å². The molecule has 1 aliphatic carbocycles. The summed E-state index contributed by atoms with van der Waals surface area (Å²) in [7, 11) is 0. The van der Waals surface area contributed by atoms with Gasteiger partial charge in [-0.05, 0) is 64.8 Å². The number of allylic oxidation sites excluding steroid dienone is 3. The maximum absolute atomic E-state index is 13.7. The summed E-state index contributed by atoms with van der Waals surface area (Å²) in [6.45, 7) is 10.9. The zero-order valence-corrected chi connectivity index (χ0v) is 24.9. The predicted molar refractivity (Wildman–Crippen MR) is 157 cm³/mol. The molecule has 6 heteroatoms. The number of fused-ring (bicyclic) bond motifs is 4. The van der Waals surface area contributed by atoms with Crippen molar-refractivity contribution in [2.45, 2.75) is 110 Å². The first-order chi connectivity index (χ1) is 19.2. The molecule has 0 saturated heterocycles. The smallest absolute Gasteiger partial charge is 0.228 e. The summed E-state index contributed by atoms with van der Waals surface area (Å²) < 4.78 is 18.3. The first kappa shape index (κ1) is 30.0. The van der Waals surface area contributed by atoms with Crippen LogP contribution in [0, 0.1) is 5.92 Å². The quantitative estimate of drug-likeness (QED) is 0.152. The van der Waals surface area contributed by atoms with Gasteiger partial charge in [0.2, 0.25) is 11.6 Å². The van der Waals surface area contributed by atoms with Gasteiger partial charge in [0.1, 0.15) is 23.7 Å². The molecule has 3 aliphatic rings. The summed E-state index contributed by atoms with van der Waals surface area (Å²) in [5, 5.41) is 11.0. The van der Waals surface area contributed by atoms with Crippen LogP contribution in [0.15, 0.2) is 52.5 Å². The molecule has 6 nitrogen and oxygen atoms in total. The Kier molecular flexibility index (Phi) is 9.81. The third kappa shape index (κ3) is 6.47. The molecule has 0 spiro atoms. The minimum absolute atomic E-state index is 0.0867. The average molecular weight is 551 g/mol. The second-order valence-corrected chi connectivity index (χ2v) is 12.2. The van der Waals surface area contributed by atoms with E-state index in [1.165, 1.54) is 38.5 Å². The summed E-state index contributed by atoms with van der Waals surface area (Å²) in [6.07, 6.45) is 12.7. The third-order valence-corrected chi connectivity index (χ3v) is 8.45. The van der Waals surface area contributed by atoms with E-state index in [9.17, 15) is 14.7 Å². The maximum atomic E-state index is 13.7. The van der Waals surface area contributed by atoms with Crippen LogP contribution in [0.2, 0.25) is 0 Å². The average Bonchev–Trinajstić information content (AvgIpc) is 2.91. The van der Waals surface area contributed by atoms with Crippen LogP contribution >= 0.6 is 0 Å². The van der Waals surface area contributed by atoms with Gasteiger partial charge in [-0.1, -0.05) is 63.9 Å². The highest BCUT2D eigenvalue weighted by Crippen LogP contribution is 2.54. The van der Waals surface area contributed by atoms with Crippen LogP contribution in [0.25, 0.3) is 0 Å². The van der Waals surface area contributed by atoms with Gasteiger partial charge in [0.05, 0.1) is 12.2 Å². The normalized spacial score (nSPS) is 21.2. The second-order valence-electron chi connectivity index (χ2n) is 12.2. The number of unbranched alkanes of at least 4 members (excludes halogenated alkanes) is 8. The lowest BCUT2D eigenvalue weighted by molar-refractivity contribution is -0.130. The number of ketones is 2. The number of aliphatic hydroxyl groups excluding tert-OH is 1. The fourth-order valence-corrected chi connectivity index (χ4v) is 6.05. The van der Waals surface area contributed by atoms with Crippen molar-refractivity contribution in [2.24, 2.45) is 5.92 Å². The van der Waals surface area contributed by atoms with Gasteiger partial charge in [-0.3, -0.25) is 9.59 Å². The fourth-order valence-electron chi connectivity index (χ4n) is 6.05. The summed E-state index contributed by atoms with van der Waals surface area (Å²) in [4.78, 5) is 27.4. The van der Waals surface area contributed by atoms with Crippen LogP contribution in [0.1, 0.15) is 110 Å². The molecule has 1 N–H and O–H groups in total. The number of Topliss-reactive ketones (excluding diaryl/α,β-unsaturated/α-hetero) is 2. The van der Waals surface area contributed by atoms with Crippen LogP contribution in [-0.4, -0.2) is 35.5 Å². The van der Waals surface area contributed by atoms with Crippen LogP contribution in [0.3, 0.4) is 0 Å². The Balaban J connectivity index is 1.53. The van der Waals surface area contributed by atoms with Gasteiger partial charge in [0.15, 0.2) is 11.5 Å². The zero-order valence-electron chi connectivity index (χ0n) is 24.9. The van der Waals surface area contributed by atoms with Crippen LogP contribution in [-0.2, 0) is 14.3 Å². The molecule has 2 heterocycles. The molecular formula is C34H46O6. The molecule has 0 aromatic heterocycles. The summed E-state index contributed by atoms with van der Waals surface area (Å²) in [5.41, 5.74) is 1.63. The number of hydrogen-bond acceptors (Lipinski definition) is 6. The maximum Gasteiger partial charge on any atom is 0.228 e. The van der Waals surface area contributed by atoms with Crippen molar-refractivity contribution in [2.75, 3.05) is 13.2 Å². The van der Waals surface area contributed by atoms with Crippen molar-refractivity contribution in [3.05, 3.63) is 58.1 Å². The molecule has 0 fully saturated rings. The molecule has 1 aromatic carbocycles. The van der Waals surface area contributed by atoms with E-state index in [-0.39, 0.29) is 28.6 Å². The Morgan fingerprint density at radius 3 is 2.38 bits per heavy atom. The van der Waals surface area contributed by atoms with Gasteiger partial charge < -0.3 is 19.3 Å². The Bertz CT molecular complexity index is 1200. The first-order valence-electron chi connectivity index (χ1n) is 15.1. The number of carbonyl (C=O) groups is 2. The van der Waals surface area contributed by atoms with E-state index < -0.39 is 23.1 Å². The molecule has 40 heavy (non-hydrogen) atoms. The van der Waals surface area contributed by atoms with Crippen molar-refractivity contribution in [1.82, 2.24) is 0 Å². The number of carbonyl (C=O) groups excluding carboxylic acids is 2. The van der Waals surface area contributed by atoms with E-state index in [0.29, 0.717) is 31.1 Å². The molecule has 0 bridgehead atoms. The standard InChI is InChI=1S/C34H46O6/c1-6-7-8-9-10-11-12-13-14-15-24-30(35)32(37)29-28-25-20-23(38-19-18-22(2)3)16-17-27(25)39-21-26(28)34(4,5)40-33(29)31(24)36/h16-18,20,26,28,35H,6-15,19,21H2,1-5H3/t26-,28+/m1/s1. The molecule has 0 unspecified atom stereocenters. The summed E-state index contributed by atoms with van der Waals surface area (Å²) >= 11 is 0. The van der Waals surface area contributed by atoms with E-state index >= 15 is 0 Å². The number of benzene rings is 1. The van der Waals surface area contributed by atoms with E-state index in [0.717, 1.165) is 30.4 Å². The monoisotopic (exact) mass is 550 g/mol. The number of aliphatic hydroxyl groups is 1. The van der Waals surface area contributed by atoms with Gasteiger partial charge in [-0.15, -0.1) is 0 Å². The van der Waals surface area contributed by atoms with E-state index in [2.05, 4.69) is 6.92 Å². The van der Waals surface area contributed by atoms with Gasteiger partial charge >= 0.3 is 0 Å². The second kappa shape index (κ2) is 13.1. The first-order valence-corrected chi connectivity index (χ1v) is 15.1. The highest BCUT2D eigenvalue weighted by Gasteiger charge is 2.54. The molecule has 0 saturated carbocycles. The Morgan fingerprint density at radius 1 is 1.02 bits per heavy atom. The lowest BCUT2D eigenvalue weighted by atomic mass is 9.67. The van der Waals surface area contributed by atoms with Gasteiger partial charge in [-0.25, -0.2) is 0 Å². The van der Waals surface area contributed by atoms with Crippen molar-refractivity contribution < 1.29 is 28.9 Å². The zero-order chi connectivity index (χ0) is 28.9. The van der Waals surface area contributed by atoms with E-state index in [1.54, 1.807) is 0 Å². The Morgan fingerprint density at radius 2 is 1.70 bits per heavy atom. The topological polar surface area (TPSA) is 82.1 Å². The predicted octanol–water partition coefficient (Wildman–Crippen LogP) is 8.07. The lowest BCUT2D eigenvalue weighted by Crippen LogP contribution is -2.50. The third-order valence-electron chi connectivity index (χ3n) is 8.45. The minimum atomic E-state index is -0.744. The largest absolute Gasteiger partial charge is 0.504 e. The molecule has 2 aliphatic heterocycles. The fraction of sp³-hybridized carbons (Fsp3) is 0.588. The SMILES string of the molecule is CCCCCCCCCCCC1=C(O)C(=O)C2=C(OC(C)(C)[C@@H]3COc4ccc(OCC=C(C)C)cc4[C@H]23)C1=O. The van der Waals surface area contributed by atoms with Crippen LogP contribution in [0.5, 0.6) is 11.5 Å².